The zero-order valence-electron chi connectivity index (χ0n) is 11.0. The number of ether oxygens (including phenoxy) is 1. The maximum absolute atomic E-state index is 12.4. The average molecular weight is 316 g/mol. The van der Waals surface area contributed by atoms with Crippen LogP contribution in [-0.2, 0) is 4.74 Å². The first-order chi connectivity index (χ1) is 9.51. The van der Waals surface area contributed by atoms with Gasteiger partial charge >= 0.3 is 0 Å². The van der Waals surface area contributed by atoms with Gasteiger partial charge in [-0.15, -0.1) is 0 Å². The third-order valence-electron chi connectivity index (χ3n) is 2.67. The molecular weight excluding hydrogens is 301 g/mol. The highest BCUT2D eigenvalue weighted by Crippen LogP contribution is 2.29. The first kappa shape index (κ1) is 16.6. The van der Waals surface area contributed by atoms with Gasteiger partial charge in [-0.1, -0.05) is 23.2 Å². The topological polar surface area (TPSA) is 79.3 Å². The fourth-order valence-electron chi connectivity index (χ4n) is 1.59. The van der Waals surface area contributed by atoms with E-state index in [1.165, 1.54) is 17.0 Å². The standard InChI is InChI=1S/C13H15Cl2N3O2/c1-20-6-5-18(4-2-3-16)13(19)9-7-10(14)12(17)11(15)8-9/h7-8H,2,4-6,17H2,1H3. The number of nitrogens with zero attached hydrogens (tertiary/aromatic N) is 2. The molecule has 0 radical (unpaired) electrons. The van der Waals surface area contributed by atoms with E-state index in [1.54, 1.807) is 7.11 Å². The number of carbonyl (C=O) groups excluding carboxylic acids is 1. The molecule has 0 aromatic heterocycles. The van der Waals surface area contributed by atoms with Crippen molar-refractivity contribution in [3.63, 3.8) is 0 Å². The van der Waals surface area contributed by atoms with Crippen LogP contribution >= 0.6 is 23.2 Å². The van der Waals surface area contributed by atoms with Crippen LogP contribution in [0.5, 0.6) is 0 Å². The van der Waals surface area contributed by atoms with Crippen LogP contribution < -0.4 is 5.73 Å². The van der Waals surface area contributed by atoms with Gasteiger partial charge in [0.15, 0.2) is 0 Å². The van der Waals surface area contributed by atoms with E-state index in [0.717, 1.165) is 0 Å². The molecule has 0 fully saturated rings. The predicted octanol–water partition coefficient (Wildman–Crippen LogP) is 2.58. The zero-order chi connectivity index (χ0) is 15.1. The summed E-state index contributed by atoms with van der Waals surface area (Å²) in [5, 5.41) is 9.10. The highest BCUT2D eigenvalue weighted by Gasteiger charge is 2.17. The van der Waals surface area contributed by atoms with E-state index in [4.69, 9.17) is 38.9 Å². The molecule has 0 aliphatic rings. The van der Waals surface area contributed by atoms with Crippen LogP contribution in [0.1, 0.15) is 16.8 Å². The Hall–Kier alpha value is -1.48. The number of carbonyl (C=O) groups is 1. The average Bonchev–Trinajstić information content (AvgIpc) is 2.43. The summed E-state index contributed by atoms with van der Waals surface area (Å²) in [6.07, 6.45) is 0.242. The third-order valence-corrected chi connectivity index (χ3v) is 3.30. The molecule has 1 aromatic rings. The van der Waals surface area contributed by atoms with E-state index < -0.39 is 0 Å². The first-order valence-electron chi connectivity index (χ1n) is 5.91. The van der Waals surface area contributed by atoms with Gasteiger partial charge in [0.1, 0.15) is 0 Å². The van der Waals surface area contributed by atoms with Crippen molar-refractivity contribution in [2.75, 3.05) is 32.5 Å². The summed E-state index contributed by atoms with van der Waals surface area (Å²) in [5.74, 6) is -0.263. The molecule has 7 heteroatoms. The van der Waals surface area contributed by atoms with Crippen LogP contribution in [-0.4, -0.2) is 37.6 Å². The van der Waals surface area contributed by atoms with Crippen molar-refractivity contribution in [2.45, 2.75) is 6.42 Å². The van der Waals surface area contributed by atoms with Crippen molar-refractivity contribution >= 4 is 34.8 Å². The largest absolute Gasteiger partial charge is 0.396 e. The van der Waals surface area contributed by atoms with Crippen LogP contribution in [0.4, 0.5) is 5.69 Å². The lowest BCUT2D eigenvalue weighted by molar-refractivity contribution is 0.0700. The highest BCUT2D eigenvalue weighted by atomic mass is 35.5. The van der Waals surface area contributed by atoms with Gasteiger partial charge in [0.25, 0.3) is 5.91 Å². The Morgan fingerprint density at radius 2 is 2.00 bits per heavy atom. The van der Waals surface area contributed by atoms with Gasteiger partial charge in [-0.05, 0) is 12.1 Å². The molecule has 0 saturated carbocycles. The quantitative estimate of drug-likeness (QED) is 0.818. The van der Waals surface area contributed by atoms with Gasteiger partial charge in [-0.25, -0.2) is 0 Å². The second-order valence-corrected chi connectivity index (χ2v) is 4.86. The summed E-state index contributed by atoms with van der Waals surface area (Å²) in [7, 11) is 1.55. The lowest BCUT2D eigenvalue weighted by Gasteiger charge is -2.21. The lowest BCUT2D eigenvalue weighted by atomic mass is 10.1. The molecule has 2 N–H and O–H groups in total. The molecule has 1 aromatic carbocycles. The first-order valence-corrected chi connectivity index (χ1v) is 6.66. The van der Waals surface area contributed by atoms with Crippen molar-refractivity contribution in [3.05, 3.63) is 27.7 Å². The number of nitrogens with two attached hydrogens (primary N) is 1. The molecule has 0 unspecified atom stereocenters. The number of nitrogen functional groups attached to an aromatic ring is 1. The number of hydrogen-bond donors (Lipinski definition) is 1. The number of benzene rings is 1. The normalized spacial score (nSPS) is 10.1. The molecule has 108 valence electrons. The van der Waals surface area contributed by atoms with E-state index in [2.05, 4.69) is 0 Å². The summed E-state index contributed by atoms with van der Waals surface area (Å²) < 4.78 is 4.96. The van der Waals surface area contributed by atoms with E-state index in [0.29, 0.717) is 25.3 Å². The Morgan fingerprint density at radius 1 is 1.40 bits per heavy atom. The summed E-state index contributed by atoms with van der Waals surface area (Å²) in [6, 6.07) is 4.95. The molecule has 0 atom stereocenters. The Bertz CT molecular complexity index is 506. The molecule has 1 amide bonds. The predicted molar refractivity (Wildman–Crippen MR) is 78.9 cm³/mol. The molecule has 0 bridgehead atoms. The molecule has 20 heavy (non-hydrogen) atoms. The third kappa shape index (κ3) is 4.27. The SMILES string of the molecule is COCCN(CCC#N)C(=O)c1cc(Cl)c(N)c(Cl)c1. The smallest absolute Gasteiger partial charge is 0.254 e. The van der Waals surface area contributed by atoms with Crippen molar-refractivity contribution in [2.24, 2.45) is 0 Å². The van der Waals surface area contributed by atoms with Crippen molar-refractivity contribution in [3.8, 4) is 6.07 Å². The minimum Gasteiger partial charge on any atom is -0.396 e. The summed E-state index contributed by atoms with van der Waals surface area (Å²) >= 11 is 11.8. The van der Waals surface area contributed by atoms with Crippen LogP contribution in [0.3, 0.4) is 0 Å². The van der Waals surface area contributed by atoms with Crippen molar-refractivity contribution in [1.29, 1.82) is 5.26 Å². The molecular formula is C13H15Cl2N3O2. The van der Waals surface area contributed by atoms with Gasteiger partial charge in [-0.2, -0.15) is 5.26 Å². The summed E-state index contributed by atoms with van der Waals surface area (Å²) in [6.45, 7) is 1.09. The molecule has 0 spiro atoms. The zero-order valence-corrected chi connectivity index (χ0v) is 12.5. The molecule has 0 aliphatic carbocycles. The second kappa shape index (κ2) is 7.95. The van der Waals surface area contributed by atoms with E-state index in [1.807, 2.05) is 6.07 Å². The molecule has 0 aliphatic heterocycles. The van der Waals surface area contributed by atoms with E-state index in [9.17, 15) is 4.79 Å². The number of methoxy groups -OCH3 is 1. The Morgan fingerprint density at radius 3 is 2.50 bits per heavy atom. The summed E-state index contributed by atoms with van der Waals surface area (Å²) in [4.78, 5) is 13.9. The maximum atomic E-state index is 12.4. The monoisotopic (exact) mass is 315 g/mol. The van der Waals surface area contributed by atoms with Crippen LogP contribution in [0.15, 0.2) is 12.1 Å². The number of anilines is 1. The maximum Gasteiger partial charge on any atom is 0.254 e. The summed E-state index contributed by atoms with van der Waals surface area (Å²) in [5.41, 5.74) is 6.21. The van der Waals surface area contributed by atoms with Crippen LogP contribution in [0, 0.1) is 11.3 Å². The van der Waals surface area contributed by atoms with Gasteiger partial charge in [0.05, 0.1) is 34.8 Å². The minimum absolute atomic E-state index is 0.229. The van der Waals surface area contributed by atoms with Crippen molar-refractivity contribution < 1.29 is 9.53 Å². The molecule has 1 rings (SSSR count). The van der Waals surface area contributed by atoms with E-state index >= 15 is 0 Å². The van der Waals surface area contributed by atoms with Gasteiger partial charge in [0, 0.05) is 25.8 Å². The van der Waals surface area contributed by atoms with Gasteiger partial charge < -0.3 is 15.4 Å². The van der Waals surface area contributed by atoms with Crippen LogP contribution in [0.2, 0.25) is 10.0 Å². The van der Waals surface area contributed by atoms with Gasteiger partial charge in [-0.3, -0.25) is 4.79 Å². The number of halogens is 2. The minimum atomic E-state index is -0.263. The number of amides is 1. The Balaban J connectivity index is 2.96. The number of hydrogen-bond acceptors (Lipinski definition) is 4. The second-order valence-electron chi connectivity index (χ2n) is 4.05. The van der Waals surface area contributed by atoms with Crippen LogP contribution in [0.25, 0.3) is 0 Å². The highest BCUT2D eigenvalue weighted by molar-refractivity contribution is 6.39. The lowest BCUT2D eigenvalue weighted by Crippen LogP contribution is -2.34. The Kier molecular flexibility index (Phi) is 6.59. The fourth-order valence-corrected chi connectivity index (χ4v) is 2.08. The van der Waals surface area contributed by atoms with E-state index in [-0.39, 0.29) is 28.1 Å². The number of nitriles is 1. The van der Waals surface area contributed by atoms with Crippen molar-refractivity contribution in [1.82, 2.24) is 4.90 Å². The Labute approximate surface area is 127 Å². The fraction of sp³-hybridized carbons (Fsp3) is 0.385. The number of rotatable bonds is 6. The van der Waals surface area contributed by atoms with Gasteiger partial charge in [0.2, 0.25) is 0 Å². The molecule has 5 nitrogen and oxygen atoms in total. The molecule has 0 saturated heterocycles. The molecule has 0 heterocycles.